The zero-order valence-electron chi connectivity index (χ0n) is 11.3. The van der Waals surface area contributed by atoms with Crippen molar-refractivity contribution in [1.29, 1.82) is 0 Å². The van der Waals surface area contributed by atoms with E-state index in [2.05, 4.69) is 11.4 Å². The van der Waals surface area contributed by atoms with Gasteiger partial charge in [0, 0.05) is 6.54 Å². The number of aryl methyl sites for hydroxylation is 1. The van der Waals surface area contributed by atoms with Crippen LogP contribution in [0.15, 0.2) is 29.8 Å². The second-order valence-corrected chi connectivity index (χ2v) is 5.10. The maximum Gasteiger partial charge on any atom is 0.254 e. The van der Waals surface area contributed by atoms with Crippen LogP contribution in [0.2, 0.25) is 0 Å². The van der Waals surface area contributed by atoms with Crippen molar-refractivity contribution in [3.05, 3.63) is 46.8 Å². The number of hydrogen-bond acceptors (Lipinski definition) is 1. The van der Waals surface area contributed by atoms with E-state index in [1.165, 1.54) is 24.5 Å². The van der Waals surface area contributed by atoms with E-state index >= 15 is 0 Å². The third-order valence-corrected chi connectivity index (χ3v) is 3.49. The molecule has 1 amide bonds. The van der Waals surface area contributed by atoms with Crippen molar-refractivity contribution in [1.82, 2.24) is 5.32 Å². The molecule has 0 unspecified atom stereocenters. The fourth-order valence-electron chi connectivity index (χ4n) is 2.37. The molecular weight excluding hydrogens is 241 g/mol. The lowest BCUT2D eigenvalue weighted by atomic mass is 9.97. The highest BCUT2D eigenvalue weighted by molar-refractivity contribution is 5.94. The summed E-state index contributed by atoms with van der Waals surface area (Å²) in [5.74, 6) is -0.775. The third-order valence-electron chi connectivity index (χ3n) is 3.49. The monoisotopic (exact) mass is 261 g/mol. The van der Waals surface area contributed by atoms with E-state index < -0.39 is 5.82 Å². The Morgan fingerprint density at radius 3 is 2.89 bits per heavy atom. The van der Waals surface area contributed by atoms with E-state index in [0.717, 1.165) is 24.8 Å². The highest BCUT2D eigenvalue weighted by Crippen LogP contribution is 2.19. The first kappa shape index (κ1) is 13.8. The molecule has 3 heteroatoms. The predicted molar refractivity (Wildman–Crippen MR) is 74.6 cm³/mol. The SMILES string of the molecule is Cc1ccc(C(=O)NCCC2=CCCCC2)c(F)c1. The second kappa shape index (κ2) is 6.50. The molecule has 0 saturated carbocycles. The van der Waals surface area contributed by atoms with Gasteiger partial charge in [0.2, 0.25) is 0 Å². The van der Waals surface area contributed by atoms with Gasteiger partial charge in [-0.05, 0) is 56.7 Å². The van der Waals surface area contributed by atoms with Gasteiger partial charge >= 0.3 is 0 Å². The summed E-state index contributed by atoms with van der Waals surface area (Å²) in [6.07, 6.45) is 7.93. The fourth-order valence-corrected chi connectivity index (χ4v) is 2.37. The Hall–Kier alpha value is -1.64. The maximum atomic E-state index is 13.6. The largest absolute Gasteiger partial charge is 0.352 e. The number of carbonyl (C=O) groups is 1. The van der Waals surface area contributed by atoms with E-state index in [1.807, 2.05) is 0 Å². The van der Waals surface area contributed by atoms with Crippen LogP contribution in [-0.2, 0) is 0 Å². The number of carbonyl (C=O) groups excluding carboxylic acids is 1. The van der Waals surface area contributed by atoms with Crippen LogP contribution >= 0.6 is 0 Å². The molecule has 1 aromatic rings. The molecule has 2 nitrogen and oxygen atoms in total. The molecule has 2 rings (SSSR count). The maximum absolute atomic E-state index is 13.6. The fraction of sp³-hybridized carbons (Fsp3) is 0.438. The molecule has 0 atom stereocenters. The number of rotatable bonds is 4. The lowest BCUT2D eigenvalue weighted by molar-refractivity contribution is 0.0950. The van der Waals surface area contributed by atoms with E-state index in [-0.39, 0.29) is 11.5 Å². The van der Waals surface area contributed by atoms with Gasteiger partial charge in [-0.2, -0.15) is 0 Å². The molecule has 19 heavy (non-hydrogen) atoms. The number of nitrogens with one attached hydrogen (secondary N) is 1. The molecule has 0 spiro atoms. The van der Waals surface area contributed by atoms with Crippen molar-refractivity contribution in [3.8, 4) is 0 Å². The minimum Gasteiger partial charge on any atom is -0.352 e. The highest BCUT2D eigenvalue weighted by Gasteiger charge is 2.11. The first-order valence-electron chi connectivity index (χ1n) is 6.89. The topological polar surface area (TPSA) is 29.1 Å². The molecule has 1 N–H and O–H groups in total. The van der Waals surface area contributed by atoms with Crippen LogP contribution in [0.25, 0.3) is 0 Å². The molecule has 102 valence electrons. The Morgan fingerprint density at radius 1 is 1.37 bits per heavy atom. The Labute approximate surface area is 113 Å². The quantitative estimate of drug-likeness (QED) is 0.822. The highest BCUT2D eigenvalue weighted by atomic mass is 19.1. The summed E-state index contributed by atoms with van der Waals surface area (Å²) in [5.41, 5.74) is 2.36. The van der Waals surface area contributed by atoms with E-state index in [1.54, 1.807) is 19.1 Å². The van der Waals surface area contributed by atoms with Gasteiger partial charge in [0.15, 0.2) is 0 Å². The van der Waals surface area contributed by atoms with Crippen LogP contribution in [0.4, 0.5) is 4.39 Å². The van der Waals surface area contributed by atoms with Gasteiger partial charge in [0.25, 0.3) is 5.91 Å². The molecule has 1 aliphatic carbocycles. The Bertz CT molecular complexity index is 494. The Kier molecular flexibility index (Phi) is 4.72. The first-order chi connectivity index (χ1) is 9.16. The van der Waals surface area contributed by atoms with Gasteiger partial charge < -0.3 is 5.32 Å². The van der Waals surface area contributed by atoms with Crippen molar-refractivity contribution in [2.45, 2.75) is 39.0 Å². The lowest BCUT2D eigenvalue weighted by Gasteiger charge is -2.13. The predicted octanol–water partition coefficient (Wildman–Crippen LogP) is 3.75. The number of hydrogen-bond donors (Lipinski definition) is 1. The summed E-state index contributed by atoms with van der Waals surface area (Å²) in [7, 11) is 0. The minimum absolute atomic E-state index is 0.128. The molecule has 1 aliphatic rings. The molecular formula is C16H20FNO. The van der Waals surface area contributed by atoms with Crippen LogP contribution in [0.3, 0.4) is 0 Å². The van der Waals surface area contributed by atoms with Gasteiger partial charge in [-0.1, -0.05) is 17.7 Å². The minimum atomic E-state index is -0.450. The molecule has 0 aliphatic heterocycles. The van der Waals surface area contributed by atoms with Crippen LogP contribution in [0.1, 0.15) is 48.0 Å². The average Bonchev–Trinajstić information content (AvgIpc) is 2.39. The Balaban J connectivity index is 1.85. The average molecular weight is 261 g/mol. The molecule has 1 aromatic carbocycles. The van der Waals surface area contributed by atoms with Crippen LogP contribution in [0.5, 0.6) is 0 Å². The Morgan fingerprint density at radius 2 is 2.21 bits per heavy atom. The van der Waals surface area contributed by atoms with Crippen molar-refractivity contribution in [3.63, 3.8) is 0 Å². The van der Waals surface area contributed by atoms with Gasteiger partial charge in [-0.3, -0.25) is 4.79 Å². The summed E-state index contributed by atoms with van der Waals surface area (Å²) in [5, 5.41) is 2.79. The zero-order chi connectivity index (χ0) is 13.7. The van der Waals surface area contributed by atoms with E-state index in [4.69, 9.17) is 0 Å². The van der Waals surface area contributed by atoms with Crippen molar-refractivity contribution < 1.29 is 9.18 Å². The van der Waals surface area contributed by atoms with Crippen LogP contribution in [0, 0.1) is 12.7 Å². The number of allylic oxidation sites excluding steroid dienone is 1. The van der Waals surface area contributed by atoms with Crippen LogP contribution < -0.4 is 5.32 Å². The smallest absolute Gasteiger partial charge is 0.254 e. The summed E-state index contributed by atoms with van der Waals surface area (Å²) < 4.78 is 13.6. The number of amides is 1. The number of benzene rings is 1. The summed E-state index contributed by atoms with van der Waals surface area (Å²) >= 11 is 0. The van der Waals surface area contributed by atoms with E-state index in [9.17, 15) is 9.18 Å². The van der Waals surface area contributed by atoms with Gasteiger partial charge in [0.05, 0.1) is 5.56 Å². The number of halogens is 1. The normalized spacial score (nSPS) is 14.9. The summed E-state index contributed by atoms with van der Waals surface area (Å²) in [6, 6.07) is 4.68. The molecule has 0 fully saturated rings. The van der Waals surface area contributed by atoms with Crippen molar-refractivity contribution >= 4 is 5.91 Å². The lowest BCUT2D eigenvalue weighted by Crippen LogP contribution is -2.25. The van der Waals surface area contributed by atoms with Crippen molar-refractivity contribution in [2.75, 3.05) is 6.54 Å². The molecule has 0 heterocycles. The third kappa shape index (κ3) is 3.91. The molecule has 0 aromatic heterocycles. The van der Waals surface area contributed by atoms with Crippen LogP contribution in [-0.4, -0.2) is 12.5 Å². The van der Waals surface area contributed by atoms with Crippen molar-refractivity contribution in [2.24, 2.45) is 0 Å². The standard InChI is InChI=1S/C16H20FNO/c1-12-7-8-14(15(17)11-12)16(19)18-10-9-13-5-3-2-4-6-13/h5,7-8,11H,2-4,6,9-10H2,1H3,(H,18,19). The van der Waals surface area contributed by atoms with Gasteiger partial charge in [-0.15, -0.1) is 0 Å². The summed E-state index contributed by atoms with van der Waals surface area (Å²) in [4.78, 5) is 11.8. The second-order valence-electron chi connectivity index (χ2n) is 5.10. The van der Waals surface area contributed by atoms with Gasteiger partial charge in [-0.25, -0.2) is 4.39 Å². The molecule has 0 radical (unpaired) electrons. The van der Waals surface area contributed by atoms with E-state index in [0.29, 0.717) is 6.54 Å². The summed E-state index contributed by atoms with van der Waals surface area (Å²) in [6.45, 7) is 2.39. The zero-order valence-corrected chi connectivity index (χ0v) is 11.3. The molecule has 0 bridgehead atoms. The first-order valence-corrected chi connectivity index (χ1v) is 6.89. The molecule has 0 saturated heterocycles. The van der Waals surface area contributed by atoms with Gasteiger partial charge in [0.1, 0.15) is 5.82 Å².